The Labute approximate surface area is 151 Å². The molecule has 0 aliphatic carbocycles. The lowest BCUT2D eigenvalue weighted by molar-refractivity contribution is -0.147. The topological polar surface area (TPSA) is 105 Å². The van der Waals surface area contributed by atoms with Gasteiger partial charge in [0.2, 0.25) is 5.91 Å². The standard InChI is InChI=1S/C19H20N2O5/c22-17(20-15-9-5-2-6-10-15)12-11-16(21-19(24)25)18(23)26-13-14-7-3-1-4-8-14/h1-10,16,21H,11-13H2,(H,20,22)(H,24,25)/t16-/m0/s1. The number of esters is 1. The molecule has 0 aliphatic heterocycles. The summed E-state index contributed by atoms with van der Waals surface area (Å²) in [5.41, 5.74) is 1.42. The number of rotatable bonds is 8. The van der Waals surface area contributed by atoms with Crippen molar-refractivity contribution in [3.63, 3.8) is 0 Å². The van der Waals surface area contributed by atoms with Crippen molar-refractivity contribution in [1.29, 1.82) is 0 Å². The van der Waals surface area contributed by atoms with Gasteiger partial charge in [0.25, 0.3) is 0 Å². The van der Waals surface area contributed by atoms with Crippen LogP contribution in [-0.2, 0) is 20.9 Å². The van der Waals surface area contributed by atoms with Crippen molar-refractivity contribution in [2.75, 3.05) is 5.32 Å². The summed E-state index contributed by atoms with van der Waals surface area (Å²) in [4.78, 5) is 35.0. The van der Waals surface area contributed by atoms with Crippen molar-refractivity contribution in [1.82, 2.24) is 5.32 Å². The zero-order valence-corrected chi connectivity index (χ0v) is 14.1. The lowest BCUT2D eigenvalue weighted by Gasteiger charge is -2.16. The van der Waals surface area contributed by atoms with Crippen LogP contribution in [0.3, 0.4) is 0 Å². The van der Waals surface area contributed by atoms with Crippen molar-refractivity contribution in [3.8, 4) is 0 Å². The van der Waals surface area contributed by atoms with Gasteiger partial charge in [0, 0.05) is 12.1 Å². The summed E-state index contributed by atoms with van der Waals surface area (Å²) < 4.78 is 5.15. The van der Waals surface area contributed by atoms with E-state index in [1.54, 1.807) is 36.4 Å². The lowest BCUT2D eigenvalue weighted by Crippen LogP contribution is -2.41. The molecule has 7 nitrogen and oxygen atoms in total. The van der Waals surface area contributed by atoms with Crippen LogP contribution in [0.2, 0.25) is 0 Å². The zero-order chi connectivity index (χ0) is 18.8. The molecule has 2 aromatic rings. The third-order valence-corrected chi connectivity index (χ3v) is 3.52. The number of para-hydroxylation sites is 1. The molecule has 26 heavy (non-hydrogen) atoms. The van der Waals surface area contributed by atoms with Crippen LogP contribution in [0.5, 0.6) is 0 Å². The summed E-state index contributed by atoms with van der Waals surface area (Å²) >= 11 is 0. The predicted octanol–water partition coefficient (Wildman–Crippen LogP) is 2.78. The van der Waals surface area contributed by atoms with E-state index in [1.165, 1.54) is 0 Å². The molecular weight excluding hydrogens is 336 g/mol. The van der Waals surface area contributed by atoms with Crippen LogP contribution in [0.4, 0.5) is 10.5 Å². The average Bonchev–Trinajstić information content (AvgIpc) is 2.64. The molecule has 0 radical (unpaired) electrons. The molecule has 136 valence electrons. The summed E-state index contributed by atoms with van der Waals surface area (Å²) in [5.74, 6) is -1.03. The first kappa shape index (κ1) is 19.0. The molecule has 0 aliphatic rings. The van der Waals surface area contributed by atoms with E-state index >= 15 is 0 Å². The number of benzene rings is 2. The van der Waals surface area contributed by atoms with Crippen LogP contribution in [0.1, 0.15) is 18.4 Å². The van der Waals surface area contributed by atoms with E-state index in [2.05, 4.69) is 10.6 Å². The van der Waals surface area contributed by atoms with Gasteiger partial charge in [0.1, 0.15) is 12.6 Å². The highest BCUT2D eigenvalue weighted by Crippen LogP contribution is 2.09. The van der Waals surface area contributed by atoms with Crippen molar-refractivity contribution in [3.05, 3.63) is 66.2 Å². The van der Waals surface area contributed by atoms with Gasteiger partial charge in [0.05, 0.1) is 0 Å². The first-order valence-corrected chi connectivity index (χ1v) is 8.09. The van der Waals surface area contributed by atoms with Gasteiger partial charge in [0.15, 0.2) is 0 Å². The van der Waals surface area contributed by atoms with Gasteiger partial charge in [-0.2, -0.15) is 0 Å². The van der Waals surface area contributed by atoms with Crippen molar-refractivity contribution < 1.29 is 24.2 Å². The van der Waals surface area contributed by atoms with Crippen molar-refractivity contribution in [2.45, 2.75) is 25.5 Å². The Bertz CT molecular complexity index is 734. The molecule has 0 aromatic heterocycles. The minimum Gasteiger partial charge on any atom is -0.465 e. The van der Waals surface area contributed by atoms with Gasteiger partial charge < -0.3 is 20.5 Å². The van der Waals surface area contributed by atoms with E-state index in [0.29, 0.717) is 5.69 Å². The summed E-state index contributed by atoms with van der Waals surface area (Å²) in [7, 11) is 0. The molecule has 1 atom stereocenters. The molecule has 0 saturated heterocycles. The summed E-state index contributed by atoms with van der Waals surface area (Å²) in [5, 5.41) is 13.7. The smallest absolute Gasteiger partial charge is 0.405 e. The summed E-state index contributed by atoms with van der Waals surface area (Å²) in [6.07, 6.45) is -1.38. The van der Waals surface area contributed by atoms with Gasteiger partial charge in [-0.05, 0) is 24.1 Å². The highest BCUT2D eigenvalue weighted by molar-refractivity contribution is 5.91. The second-order valence-corrected chi connectivity index (χ2v) is 5.55. The molecule has 0 saturated carbocycles. The molecule has 0 unspecified atom stereocenters. The summed E-state index contributed by atoms with van der Waals surface area (Å²) in [6, 6.07) is 16.8. The van der Waals surface area contributed by atoms with Gasteiger partial charge in [-0.3, -0.25) is 4.79 Å². The molecule has 0 fully saturated rings. The minimum atomic E-state index is -1.35. The number of hydrogen-bond acceptors (Lipinski definition) is 4. The maximum absolute atomic E-state index is 12.1. The first-order valence-electron chi connectivity index (χ1n) is 8.09. The quantitative estimate of drug-likeness (QED) is 0.631. The van der Waals surface area contributed by atoms with E-state index in [9.17, 15) is 14.4 Å². The van der Waals surface area contributed by atoms with Gasteiger partial charge >= 0.3 is 12.1 Å². The molecule has 0 bridgehead atoms. The van der Waals surface area contributed by atoms with Crippen LogP contribution in [0.15, 0.2) is 60.7 Å². The second-order valence-electron chi connectivity index (χ2n) is 5.55. The van der Waals surface area contributed by atoms with E-state index in [1.807, 2.05) is 24.3 Å². The van der Waals surface area contributed by atoms with E-state index in [-0.39, 0.29) is 25.4 Å². The maximum Gasteiger partial charge on any atom is 0.405 e. The molecule has 2 rings (SSSR count). The fourth-order valence-electron chi connectivity index (χ4n) is 2.25. The fraction of sp³-hybridized carbons (Fsp3) is 0.211. The number of carboxylic acid groups (broad SMARTS) is 1. The molecule has 2 amide bonds. The number of hydrogen-bond donors (Lipinski definition) is 3. The molecule has 0 heterocycles. The molecule has 0 spiro atoms. The normalized spacial score (nSPS) is 11.2. The molecule has 7 heteroatoms. The highest BCUT2D eigenvalue weighted by Gasteiger charge is 2.23. The second kappa shape index (κ2) is 9.83. The Morgan fingerprint density at radius 3 is 2.19 bits per heavy atom. The molecular formula is C19H20N2O5. The lowest BCUT2D eigenvalue weighted by atomic mass is 10.1. The van der Waals surface area contributed by atoms with E-state index in [4.69, 9.17) is 9.84 Å². The van der Waals surface area contributed by atoms with Crippen molar-refractivity contribution in [2.24, 2.45) is 0 Å². The Kier molecular flexibility index (Phi) is 7.17. The number of nitrogens with one attached hydrogen (secondary N) is 2. The summed E-state index contributed by atoms with van der Waals surface area (Å²) in [6.45, 7) is 0.0354. The maximum atomic E-state index is 12.1. The third-order valence-electron chi connectivity index (χ3n) is 3.52. The average molecular weight is 356 g/mol. The van der Waals surface area contributed by atoms with Crippen LogP contribution in [0.25, 0.3) is 0 Å². The Balaban J connectivity index is 1.86. The Morgan fingerprint density at radius 2 is 1.58 bits per heavy atom. The van der Waals surface area contributed by atoms with Gasteiger partial charge in [-0.1, -0.05) is 48.5 Å². The number of anilines is 1. The third kappa shape index (κ3) is 6.64. The van der Waals surface area contributed by atoms with Gasteiger partial charge in [-0.25, -0.2) is 9.59 Å². The van der Waals surface area contributed by atoms with Crippen LogP contribution in [0, 0.1) is 0 Å². The van der Waals surface area contributed by atoms with Gasteiger partial charge in [-0.15, -0.1) is 0 Å². The Morgan fingerprint density at radius 1 is 0.962 bits per heavy atom. The monoisotopic (exact) mass is 356 g/mol. The van der Waals surface area contributed by atoms with Crippen LogP contribution >= 0.6 is 0 Å². The SMILES string of the molecule is O=C(O)N[C@@H](CCC(=O)Nc1ccccc1)C(=O)OCc1ccccc1. The minimum absolute atomic E-state index is 0.00140. The molecule has 3 N–H and O–H groups in total. The largest absolute Gasteiger partial charge is 0.465 e. The Hall–Kier alpha value is -3.35. The van der Waals surface area contributed by atoms with Crippen LogP contribution < -0.4 is 10.6 Å². The zero-order valence-electron chi connectivity index (χ0n) is 14.1. The number of ether oxygens (including phenoxy) is 1. The fourth-order valence-corrected chi connectivity index (χ4v) is 2.25. The van der Waals surface area contributed by atoms with E-state index in [0.717, 1.165) is 5.56 Å². The number of amides is 2. The first-order chi connectivity index (χ1) is 12.5. The number of carbonyl (C=O) groups excluding carboxylic acids is 2. The highest BCUT2D eigenvalue weighted by atomic mass is 16.5. The predicted molar refractivity (Wildman–Crippen MR) is 95.5 cm³/mol. The molecule has 2 aromatic carbocycles. The number of carbonyl (C=O) groups is 3. The van der Waals surface area contributed by atoms with E-state index < -0.39 is 18.1 Å². The van der Waals surface area contributed by atoms with Crippen LogP contribution in [-0.4, -0.2) is 29.1 Å². The van der Waals surface area contributed by atoms with Crippen molar-refractivity contribution >= 4 is 23.7 Å².